The van der Waals surface area contributed by atoms with Gasteiger partial charge in [0.1, 0.15) is 11.5 Å². The highest BCUT2D eigenvalue weighted by molar-refractivity contribution is 6.34. The Morgan fingerprint density at radius 2 is 1.92 bits per heavy atom. The summed E-state index contributed by atoms with van der Waals surface area (Å²) in [4.78, 5) is 36.7. The second-order valence-corrected chi connectivity index (χ2v) is 9.17. The van der Waals surface area contributed by atoms with Crippen molar-refractivity contribution >= 4 is 46.9 Å². The summed E-state index contributed by atoms with van der Waals surface area (Å²) in [7, 11) is 0. The van der Waals surface area contributed by atoms with Gasteiger partial charge in [-0.15, -0.1) is 0 Å². The fraction of sp³-hybridized carbons (Fsp3) is 0.185. The van der Waals surface area contributed by atoms with Crippen LogP contribution in [0, 0.1) is 5.92 Å². The molecule has 2 heterocycles. The van der Waals surface area contributed by atoms with Crippen molar-refractivity contribution in [3.8, 4) is 11.3 Å². The maximum Gasteiger partial charge on any atom is 0.335 e. The average molecular weight is 504 g/mol. The number of anilines is 1. The molecule has 0 radical (unpaired) electrons. The molecule has 1 saturated carbocycles. The van der Waals surface area contributed by atoms with E-state index in [1.54, 1.807) is 43.3 Å². The van der Waals surface area contributed by atoms with Crippen molar-refractivity contribution in [3.63, 3.8) is 0 Å². The van der Waals surface area contributed by atoms with E-state index in [1.165, 1.54) is 29.3 Å². The van der Waals surface area contributed by atoms with Gasteiger partial charge in [-0.3, -0.25) is 9.59 Å². The van der Waals surface area contributed by atoms with E-state index in [0.29, 0.717) is 57.1 Å². The van der Waals surface area contributed by atoms with Crippen molar-refractivity contribution in [1.82, 2.24) is 5.32 Å². The number of hydrogen-bond donors (Lipinski definition) is 2. The third kappa shape index (κ3) is 4.81. The number of carboxylic acid groups (broad SMARTS) is 1. The number of rotatable bonds is 7. The first kappa shape index (κ1) is 23.6. The lowest BCUT2D eigenvalue weighted by Crippen LogP contribution is -2.25. The quantitative estimate of drug-likeness (QED) is 0.428. The van der Waals surface area contributed by atoms with Gasteiger partial charge in [-0.1, -0.05) is 11.6 Å². The fourth-order valence-electron chi connectivity index (χ4n) is 3.84. The van der Waals surface area contributed by atoms with Crippen molar-refractivity contribution in [2.45, 2.75) is 19.8 Å². The van der Waals surface area contributed by atoms with E-state index in [0.717, 1.165) is 12.8 Å². The van der Waals surface area contributed by atoms with Crippen LogP contribution in [0.3, 0.4) is 0 Å². The number of hydrogen-bond acceptors (Lipinski definition) is 5. The number of benzene rings is 2. The number of nitrogens with zero attached hydrogens (tertiary/aromatic N) is 2. The summed E-state index contributed by atoms with van der Waals surface area (Å²) < 4.78 is 5.95. The Kier molecular flexibility index (Phi) is 6.20. The number of aromatic carboxylic acids is 1. The molecule has 1 aromatic heterocycles. The first-order valence-corrected chi connectivity index (χ1v) is 11.8. The van der Waals surface area contributed by atoms with E-state index >= 15 is 0 Å². The SMILES string of the molecule is CC1=NN(c2ccc(C(=O)O)cc2)C(=O)/C1=C\c1ccc(-c2ccc(Cl)c(C(=O)NCC3CC3)c2)o1. The number of carboxylic acids is 1. The predicted molar refractivity (Wildman–Crippen MR) is 136 cm³/mol. The Hall–Kier alpha value is -4.17. The Morgan fingerprint density at radius 1 is 1.17 bits per heavy atom. The minimum absolute atomic E-state index is 0.121. The van der Waals surface area contributed by atoms with Crippen LogP contribution in [0.1, 0.15) is 46.2 Å². The van der Waals surface area contributed by atoms with Crippen molar-refractivity contribution in [1.29, 1.82) is 0 Å². The molecule has 182 valence electrons. The third-order valence-corrected chi connectivity index (χ3v) is 6.41. The Balaban J connectivity index is 1.35. The van der Waals surface area contributed by atoms with E-state index < -0.39 is 5.97 Å². The number of carbonyl (C=O) groups excluding carboxylic acids is 2. The highest BCUT2D eigenvalue weighted by Crippen LogP contribution is 2.31. The predicted octanol–water partition coefficient (Wildman–Crippen LogP) is 5.24. The van der Waals surface area contributed by atoms with Crippen molar-refractivity contribution in [2.24, 2.45) is 11.0 Å². The topological polar surface area (TPSA) is 112 Å². The van der Waals surface area contributed by atoms with Crippen molar-refractivity contribution in [2.75, 3.05) is 11.6 Å². The third-order valence-electron chi connectivity index (χ3n) is 6.08. The number of furan rings is 1. The van der Waals surface area contributed by atoms with Crippen LogP contribution in [-0.4, -0.2) is 35.1 Å². The number of amides is 2. The van der Waals surface area contributed by atoms with Crippen LogP contribution < -0.4 is 10.3 Å². The molecule has 9 heteroatoms. The van der Waals surface area contributed by atoms with Crippen molar-refractivity contribution in [3.05, 3.63) is 82.1 Å². The molecule has 2 N–H and O–H groups in total. The van der Waals surface area contributed by atoms with Gasteiger partial charge in [-0.05, 0) is 86.4 Å². The van der Waals surface area contributed by atoms with Gasteiger partial charge in [0.2, 0.25) is 0 Å². The molecule has 3 aromatic rings. The molecule has 8 nitrogen and oxygen atoms in total. The van der Waals surface area contributed by atoms with Gasteiger partial charge < -0.3 is 14.8 Å². The Bertz CT molecular complexity index is 1430. The number of nitrogens with one attached hydrogen (secondary N) is 1. The van der Waals surface area contributed by atoms with Gasteiger partial charge in [0.15, 0.2) is 0 Å². The summed E-state index contributed by atoms with van der Waals surface area (Å²) in [5, 5.41) is 17.9. The lowest BCUT2D eigenvalue weighted by Gasteiger charge is -2.11. The lowest BCUT2D eigenvalue weighted by atomic mass is 10.1. The van der Waals surface area contributed by atoms with Crippen LogP contribution in [0.4, 0.5) is 5.69 Å². The summed E-state index contributed by atoms with van der Waals surface area (Å²) in [5.74, 6) is -0.0921. The van der Waals surface area contributed by atoms with Crippen LogP contribution in [0.25, 0.3) is 17.4 Å². The van der Waals surface area contributed by atoms with Gasteiger partial charge in [-0.2, -0.15) is 10.1 Å². The molecule has 1 aliphatic heterocycles. The number of halogens is 1. The van der Waals surface area contributed by atoms with Gasteiger partial charge in [0.25, 0.3) is 11.8 Å². The monoisotopic (exact) mass is 503 g/mol. The van der Waals surface area contributed by atoms with Gasteiger partial charge in [-0.25, -0.2) is 4.79 Å². The Labute approximate surface area is 211 Å². The van der Waals surface area contributed by atoms with E-state index in [9.17, 15) is 14.4 Å². The van der Waals surface area contributed by atoms with E-state index in [2.05, 4.69) is 10.4 Å². The van der Waals surface area contributed by atoms with Crippen LogP contribution in [0.5, 0.6) is 0 Å². The average Bonchev–Trinajstić information content (AvgIpc) is 3.52. The molecular formula is C27H22ClN3O5. The van der Waals surface area contributed by atoms with Gasteiger partial charge in [0.05, 0.1) is 33.1 Å². The zero-order valence-electron chi connectivity index (χ0n) is 19.3. The molecule has 5 rings (SSSR count). The molecule has 0 atom stereocenters. The van der Waals surface area contributed by atoms with E-state index in [1.807, 2.05) is 0 Å². The standard InChI is InChI=1S/C27H22ClN3O5/c1-15-21(26(33)31(30-15)19-7-4-17(5-8-19)27(34)35)13-20-9-11-24(36-20)18-6-10-23(28)22(12-18)25(32)29-14-16-2-3-16/h4-13,16H,2-3,14H2,1H3,(H,29,32)(H,34,35)/b21-13-. The molecule has 0 spiro atoms. The smallest absolute Gasteiger partial charge is 0.335 e. The van der Waals surface area contributed by atoms with E-state index in [4.69, 9.17) is 21.1 Å². The summed E-state index contributed by atoms with van der Waals surface area (Å²) in [6.45, 7) is 2.36. The summed E-state index contributed by atoms with van der Waals surface area (Å²) in [6, 6.07) is 14.5. The molecule has 0 saturated heterocycles. The highest BCUT2D eigenvalue weighted by atomic mass is 35.5. The second kappa shape index (κ2) is 9.47. The van der Waals surface area contributed by atoms with Crippen LogP contribution in [-0.2, 0) is 4.79 Å². The Morgan fingerprint density at radius 3 is 2.61 bits per heavy atom. The lowest BCUT2D eigenvalue weighted by molar-refractivity contribution is -0.114. The van der Waals surface area contributed by atoms with Crippen LogP contribution in [0.2, 0.25) is 5.02 Å². The maximum atomic E-state index is 13.0. The van der Waals surface area contributed by atoms with Gasteiger partial charge >= 0.3 is 5.97 Å². The summed E-state index contributed by atoms with van der Waals surface area (Å²) in [6.07, 6.45) is 3.88. The molecule has 2 aromatic carbocycles. The highest BCUT2D eigenvalue weighted by Gasteiger charge is 2.29. The molecule has 1 fully saturated rings. The second-order valence-electron chi connectivity index (χ2n) is 8.76. The zero-order valence-corrected chi connectivity index (χ0v) is 20.1. The summed E-state index contributed by atoms with van der Waals surface area (Å²) >= 11 is 6.26. The molecule has 36 heavy (non-hydrogen) atoms. The number of carbonyl (C=O) groups is 3. The molecule has 2 amide bonds. The van der Waals surface area contributed by atoms with Gasteiger partial charge in [0, 0.05) is 12.1 Å². The molecule has 0 bridgehead atoms. The maximum absolute atomic E-state index is 13.0. The summed E-state index contributed by atoms with van der Waals surface area (Å²) in [5.41, 5.74) is 2.50. The number of hydrazone groups is 1. The fourth-order valence-corrected chi connectivity index (χ4v) is 4.04. The zero-order chi connectivity index (χ0) is 25.4. The van der Waals surface area contributed by atoms with Crippen molar-refractivity contribution < 1.29 is 23.9 Å². The van der Waals surface area contributed by atoms with Crippen LogP contribution >= 0.6 is 11.6 Å². The molecule has 1 aliphatic carbocycles. The normalized spacial score (nSPS) is 16.4. The molecule has 0 unspecified atom stereocenters. The largest absolute Gasteiger partial charge is 0.478 e. The van der Waals surface area contributed by atoms with Crippen LogP contribution in [0.15, 0.2) is 69.7 Å². The van der Waals surface area contributed by atoms with E-state index in [-0.39, 0.29) is 17.4 Å². The molecule has 2 aliphatic rings. The minimum atomic E-state index is -1.05. The first-order chi connectivity index (χ1) is 17.3. The minimum Gasteiger partial charge on any atom is -0.478 e. The molecular weight excluding hydrogens is 482 g/mol. The first-order valence-electron chi connectivity index (χ1n) is 11.4.